The SMILES string of the molecule is CCn1nc(C)c(Cl)c1CC(NC)C1(CC)CCCC1. The van der Waals surface area contributed by atoms with Gasteiger partial charge in [-0.2, -0.15) is 5.10 Å². The molecule has 1 aliphatic rings. The number of rotatable bonds is 6. The molecule has 0 aromatic carbocycles. The molecular weight excluding hydrogens is 270 g/mol. The minimum absolute atomic E-state index is 0.439. The van der Waals surface area contributed by atoms with Crippen LogP contribution in [-0.4, -0.2) is 22.9 Å². The summed E-state index contributed by atoms with van der Waals surface area (Å²) in [6.07, 6.45) is 7.64. The van der Waals surface area contributed by atoms with Crippen molar-refractivity contribution in [1.82, 2.24) is 15.1 Å². The molecule has 0 saturated heterocycles. The van der Waals surface area contributed by atoms with Gasteiger partial charge in [-0.15, -0.1) is 0 Å². The van der Waals surface area contributed by atoms with Gasteiger partial charge < -0.3 is 5.32 Å². The van der Waals surface area contributed by atoms with Crippen LogP contribution in [0.5, 0.6) is 0 Å². The van der Waals surface area contributed by atoms with Gasteiger partial charge in [-0.3, -0.25) is 4.68 Å². The Balaban J connectivity index is 2.26. The van der Waals surface area contributed by atoms with E-state index >= 15 is 0 Å². The Kier molecular flexibility index (Phi) is 5.14. The fourth-order valence-electron chi connectivity index (χ4n) is 3.91. The third-order valence-electron chi connectivity index (χ3n) is 5.24. The van der Waals surface area contributed by atoms with Crippen LogP contribution in [0.25, 0.3) is 0 Å². The summed E-state index contributed by atoms with van der Waals surface area (Å²) in [5.74, 6) is 0. The number of nitrogens with one attached hydrogen (secondary N) is 1. The van der Waals surface area contributed by atoms with Crippen molar-refractivity contribution in [2.24, 2.45) is 5.41 Å². The van der Waals surface area contributed by atoms with Gasteiger partial charge in [-0.05, 0) is 45.6 Å². The molecule has 2 rings (SSSR count). The molecule has 1 aromatic heterocycles. The minimum Gasteiger partial charge on any atom is -0.316 e. The molecule has 1 unspecified atom stereocenters. The molecule has 0 aliphatic heterocycles. The first-order valence-electron chi connectivity index (χ1n) is 7.97. The predicted molar refractivity (Wildman–Crippen MR) is 85.4 cm³/mol. The zero-order valence-corrected chi connectivity index (χ0v) is 14.1. The number of nitrogens with zero attached hydrogens (tertiary/aromatic N) is 2. The molecule has 4 heteroatoms. The van der Waals surface area contributed by atoms with E-state index in [1.165, 1.54) is 37.8 Å². The van der Waals surface area contributed by atoms with Crippen molar-refractivity contribution < 1.29 is 0 Å². The Bertz CT molecular complexity index is 447. The van der Waals surface area contributed by atoms with E-state index in [0.29, 0.717) is 11.5 Å². The van der Waals surface area contributed by atoms with Crippen LogP contribution in [0.1, 0.15) is 57.3 Å². The summed E-state index contributed by atoms with van der Waals surface area (Å²) in [6, 6.07) is 0.494. The fraction of sp³-hybridized carbons (Fsp3) is 0.812. The number of aryl methyl sites for hydroxylation is 2. The van der Waals surface area contributed by atoms with E-state index in [-0.39, 0.29) is 0 Å². The number of hydrogen-bond donors (Lipinski definition) is 1. The van der Waals surface area contributed by atoms with Gasteiger partial charge in [0, 0.05) is 19.0 Å². The van der Waals surface area contributed by atoms with Gasteiger partial charge in [-0.1, -0.05) is 31.4 Å². The van der Waals surface area contributed by atoms with Gasteiger partial charge in [0.15, 0.2) is 0 Å². The van der Waals surface area contributed by atoms with E-state index < -0.39 is 0 Å². The Labute approximate surface area is 128 Å². The average Bonchev–Trinajstić information content (AvgIpc) is 3.04. The van der Waals surface area contributed by atoms with Crippen LogP contribution < -0.4 is 5.32 Å². The number of hydrogen-bond acceptors (Lipinski definition) is 2. The molecule has 0 bridgehead atoms. The van der Waals surface area contributed by atoms with Crippen LogP contribution >= 0.6 is 11.6 Å². The second-order valence-corrected chi connectivity index (χ2v) is 6.51. The molecule has 1 saturated carbocycles. The van der Waals surface area contributed by atoms with Crippen molar-refractivity contribution in [3.63, 3.8) is 0 Å². The molecule has 0 amide bonds. The van der Waals surface area contributed by atoms with Gasteiger partial charge in [0.25, 0.3) is 0 Å². The van der Waals surface area contributed by atoms with Gasteiger partial charge in [0.1, 0.15) is 0 Å². The predicted octanol–water partition coefficient (Wildman–Crippen LogP) is 3.97. The Morgan fingerprint density at radius 1 is 1.35 bits per heavy atom. The van der Waals surface area contributed by atoms with Gasteiger partial charge in [0.05, 0.1) is 16.4 Å². The standard InChI is InChI=1S/C16H28ClN3/c1-5-16(9-7-8-10-16)14(18-4)11-13-15(17)12(3)19-20(13)6-2/h14,18H,5-11H2,1-4H3. The number of aromatic nitrogens is 2. The van der Waals surface area contributed by atoms with Crippen LogP contribution in [0.3, 0.4) is 0 Å². The molecule has 20 heavy (non-hydrogen) atoms. The Hall–Kier alpha value is -0.540. The molecule has 114 valence electrons. The second kappa shape index (κ2) is 6.48. The monoisotopic (exact) mass is 297 g/mol. The lowest BCUT2D eigenvalue weighted by Crippen LogP contribution is -2.44. The van der Waals surface area contributed by atoms with E-state index in [9.17, 15) is 0 Å². The largest absolute Gasteiger partial charge is 0.316 e. The zero-order valence-electron chi connectivity index (χ0n) is 13.3. The smallest absolute Gasteiger partial charge is 0.0847 e. The van der Waals surface area contributed by atoms with Crippen LogP contribution in [0.4, 0.5) is 0 Å². The lowest BCUT2D eigenvalue weighted by Gasteiger charge is -2.37. The highest BCUT2D eigenvalue weighted by molar-refractivity contribution is 6.31. The average molecular weight is 298 g/mol. The first-order chi connectivity index (χ1) is 9.57. The van der Waals surface area contributed by atoms with Crippen LogP contribution in [0, 0.1) is 12.3 Å². The van der Waals surface area contributed by atoms with Crippen molar-refractivity contribution in [2.45, 2.75) is 71.9 Å². The Morgan fingerprint density at radius 2 is 2.00 bits per heavy atom. The fourth-order valence-corrected chi connectivity index (χ4v) is 4.12. The Morgan fingerprint density at radius 3 is 2.50 bits per heavy atom. The summed E-state index contributed by atoms with van der Waals surface area (Å²) in [6.45, 7) is 7.35. The molecule has 1 heterocycles. The molecule has 0 radical (unpaired) electrons. The van der Waals surface area contributed by atoms with Crippen molar-refractivity contribution in [3.05, 3.63) is 16.4 Å². The van der Waals surface area contributed by atoms with E-state index in [1.807, 2.05) is 6.92 Å². The van der Waals surface area contributed by atoms with Crippen molar-refractivity contribution >= 4 is 11.6 Å². The first kappa shape index (κ1) is 15.8. The van der Waals surface area contributed by atoms with E-state index in [2.05, 4.69) is 36.0 Å². The van der Waals surface area contributed by atoms with Crippen LogP contribution in [0.2, 0.25) is 5.02 Å². The molecule has 1 N–H and O–H groups in total. The second-order valence-electron chi connectivity index (χ2n) is 6.13. The molecule has 0 spiro atoms. The van der Waals surface area contributed by atoms with Crippen molar-refractivity contribution in [3.8, 4) is 0 Å². The van der Waals surface area contributed by atoms with E-state index in [4.69, 9.17) is 11.6 Å². The van der Waals surface area contributed by atoms with Crippen LogP contribution in [-0.2, 0) is 13.0 Å². The highest BCUT2D eigenvalue weighted by Crippen LogP contribution is 2.45. The summed E-state index contributed by atoms with van der Waals surface area (Å²) in [7, 11) is 2.09. The quantitative estimate of drug-likeness (QED) is 0.861. The van der Waals surface area contributed by atoms with Gasteiger partial charge in [0.2, 0.25) is 0 Å². The topological polar surface area (TPSA) is 29.9 Å². The minimum atomic E-state index is 0.439. The number of likely N-dealkylation sites (N-methyl/N-ethyl adjacent to an activating group) is 1. The maximum atomic E-state index is 6.48. The summed E-state index contributed by atoms with van der Waals surface area (Å²) in [4.78, 5) is 0. The molecule has 3 nitrogen and oxygen atoms in total. The molecule has 1 aromatic rings. The molecule has 1 aliphatic carbocycles. The van der Waals surface area contributed by atoms with Gasteiger partial charge in [-0.25, -0.2) is 0 Å². The maximum absolute atomic E-state index is 6.48. The molecule has 1 atom stereocenters. The summed E-state index contributed by atoms with van der Waals surface area (Å²) >= 11 is 6.48. The lowest BCUT2D eigenvalue weighted by molar-refractivity contribution is 0.190. The molecule has 1 fully saturated rings. The van der Waals surface area contributed by atoms with Gasteiger partial charge >= 0.3 is 0 Å². The zero-order chi connectivity index (χ0) is 14.8. The van der Waals surface area contributed by atoms with E-state index in [0.717, 1.165) is 23.7 Å². The first-order valence-corrected chi connectivity index (χ1v) is 8.34. The van der Waals surface area contributed by atoms with E-state index in [1.54, 1.807) is 0 Å². The van der Waals surface area contributed by atoms with Crippen molar-refractivity contribution in [2.75, 3.05) is 7.05 Å². The van der Waals surface area contributed by atoms with Crippen molar-refractivity contribution in [1.29, 1.82) is 0 Å². The third kappa shape index (κ3) is 2.75. The number of halogens is 1. The third-order valence-corrected chi connectivity index (χ3v) is 5.73. The summed E-state index contributed by atoms with van der Waals surface area (Å²) in [5, 5.41) is 8.98. The maximum Gasteiger partial charge on any atom is 0.0847 e. The summed E-state index contributed by atoms with van der Waals surface area (Å²) < 4.78 is 2.07. The highest BCUT2D eigenvalue weighted by Gasteiger charge is 2.39. The molecular formula is C16H28ClN3. The highest BCUT2D eigenvalue weighted by atomic mass is 35.5. The lowest BCUT2D eigenvalue weighted by atomic mass is 9.74. The summed E-state index contributed by atoms with van der Waals surface area (Å²) in [5.41, 5.74) is 2.59. The normalized spacial score (nSPS) is 19.4. The van der Waals surface area contributed by atoms with Crippen LogP contribution in [0.15, 0.2) is 0 Å².